The van der Waals surface area contributed by atoms with E-state index < -0.39 is 17.9 Å². The molecule has 5 rings (SSSR count). The summed E-state index contributed by atoms with van der Waals surface area (Å²) >= 11 is 7.98. The van der Waals surface area contributed by atoms with E-state index >= 15 is 0 Å². The number of hydrogen-bond donors (Lipinski definition) is 3. The number of alkyl halides is 1. The second-order valence-electron chi connectivity index (χ2n) is 9.20. The van der Waals surface area contributed by atoms with Gasteiger partial charge in [-0.25, -0.2) is 13.8 Å². The maximum Gasteiger partial charge on any atom is 0.149 e. The highest BCUT2D eigenvalue weighted by atomic mass is 35.5. The monoisotopic (exact) mass is 561 g/mol. The Morgan fingerprint density at radius 2 is 2.10 bits per heavy atom. The van der Waals surface area contributed by atoms with Gasteiger partial charge >= 0.3 is 0 Å². The van der Waals surface area contributed by atoms with Crippen LogP contribution in [0.3, 0.4) is 0 Å². The van der Waals surface area contributed by atoms with Crippen LogP contribution in [-0.2, 0) is 6.54 Å². The number of fused-ring (bicyclic) bond motifs is 2. The van der Waals surface area contributed by atoms with Crippen LogP contribution in [0.5, 0.6) is 0 Å². The van der Waals surface area contributed by atoms with Crippen molar-refractivity contribution in [1.82, 2.24) is 5.32 Å². The molecule has 3 aromatic rings. The molecule has 0 saturated heterocycles. The molecular formula is C30H26ClF2N5S. The third kappa shape index (κ3) is 5.28. The molecule has 2 atom stereocenters. The minimum absolute atomic E-state index is 0.00454. The third-order valence-electron chi connectivity index (χ3n) is 6.64. The molecule has 2 unspecified atom stereocenters. The van der Waals surface area contributed by atoms with Crippen molar-refractivity contribution in [3.05, 3.63) is 111 Å². The number of thiophene rings is 1. The number of benzene rings is 2. The van der Waals surface area contributed by atoms with E-state index in [-0.39, 0.29) is 23.8 Å². The summed E-state index contributed by atoms with van der Waals surface area (Å²) in [5.74, 6) is -1.83. The van der Waals surface area contributed by atoms with Crippen LogP contribution in [0.25, 0.3) is 15.8 Å². The fraction of sp³-hybridized carbons (Fsp3) is 0.167. The van der Waals surface area contributed by atoms with E-state index in [2.05, 4.69) is 27.9 Å². The first-order chi connectivity index (χ1) is 18.8. The van der Waals surface area contributed by atoms with E-state index in [0.717, 1.165) is 16.6 Å². The summed E-state index contributed by atoms with van der Waals surface area (Å²) in [5, 5.41) is 13.4. The van der Waals surface area contributed by atoms with Gasteiger partial charge in [0.25, 0.3) is 0 Å². The number of amidine groups is 1. The van der Waals surface area contributed by atoms with Gasteiger partial charge in [0.1, 0.15) is 23.5 Å². The topological polar surface area (TPSA) is 86.6 Å². The highest BCUT2D eigenvalue weighted by Gasteiger charge is 2.34. The van der Waals surface area contributed by atoms with Crippen molar-refractivity contribution in [3.63, 3.8) is 0 Å². The molecule has 4 N–H and O–H groups in total. The van der Waals surface area contributed by atoms with Crippen LogP contribution >= 0.6 is 22.9 Å². The van der Waals surface area contributed by atoms with Crippen molar-refractivity contribution in [1.29, 1.82) is 5.41 Å². The van der Waals surface area contributed by atoms with Crippen LogP contribution < -0.4 is 11.1 Å². The molecule has 0 spiro atoms. The fourth-order valence-electron chi connectivity index (χ4n) is 4.73. The van der Waals surface area contributed by atoms with E-state index in [1.165, 1.54) is 23.1 Å². The highest BCUT2D eigenvalue weighted by Crippen LogP contribution is 2.36. The van der Waals surface area contributed by atoms with E-state index in [0.29, 0.717) is 33.0 Å². The second-order valence-corrected chi connectivity index (χ2v) is 10.8. The summed E-state index contributed by atoms with van der Waals surface area (Å²) in [5.41, 5.74) is 9.38. The van der Waals surface area contributed by atoms with Crippen LogP contribution in [0.15, 0.2) is 94.7 Å². The lowest BCUT2D eigenvalue weighted by atomic mass is 9.86. The quantitative estimate of drug-likeness (QED) is 0.219. The van der Waals surface area contributed by atoms with Crippen molar-refractivity contribution < 1.29 is 8.78 Å². The average molecular weight is 562 g/mol. The largest absolute Gasteiger partial charge is 0.382 e. The number of aliphatic imine (C=N–C) groups is 2. The zero-order valence-corrected chi connectivity index (χ0v) is 22.7. The predicted molar refractivity (Wildman–Crippen MR) is 160 cm³/mol. The van der Waals surface area contributed by atoms with Gasteiger partial charge in [-0.3, -0.25) is 10.4 Å². The number of nitrogens with zero attached hydrogens (tertiary/aromatic N) is 2. The second kappa shape index (κ2) is 11.2. The number of halogens is 3. The Hall–Kier alpha value is -3.72. The van der Waals surface area contributed by atoms with Crippen molar-refractivity contribution >= 4 is 56.0 Å². The van der Waals surface area contributed by atoms with Crippen molar-refractivity contribution in [3.8, 4) is 0 Å². The van der Waals surface area contributed by atoms with Gasteiger partial charge in [-0.1, -0.05) is 48.5 Å². The molecule has 1 aliphatic carbocycles. The van der Waals surface area contributed by atoms with Gasteiger partial charge < -0.3 is 11.1 Å². The van der Waals surface area contributed by atoms with Crippen LogP contribution in [0, 0.1) is 11.3 Å². The van der Waals surface area contributed by atoms with E-state index in [1.54, 1.807) is 35.6 Å². The normalized spacial score (nSPS) is 19.4. The molecule has 0 saturated carbocycles. The molecule has 1 aliphatic heterocycles. The number of nitrogens with one attached hydrogen (secondary N) is 2. The van der Waals surface area contributed by atoms with Crippen molar-refractivity contribution in [2.75, 3.05) is 13.6 Å². The summed E-state index contributed by atoms with van der Waals surface area (Å²) in [7, 11) is 1.90. The Balaban J connectivity index is 1.56. The van der Waals surface area contributed by atoms with Crippen LogP contribution in [0.2, 0.25) is 5.02 Å². The summed E-state index contributed by atoms with van der Waals surface area (Å²) in [6.45, 7) is 4.75. The number of allylic oxidation sites excluding steroid dienone is 4. The molecule has 0 amide bonds. The number of rotatable bonds is 7. The molecule has 9 heteroatoms. The summed E-state index contributed by atoms with van der Waals surface area (Å²) in [6, 6.07) is 12.9. The first-order valence-corrected chi connectivity index (χ1v) is 13.5. The lowest BCUT2D eigenvalue weighted by Crippen LogP contribution is -2.28. The van der Waals surface area contributed by atoms with Gasteiger partial charge in [-0.2, -0.15) is 0 Å². The third-order valence-corrected chi connectivity index (χ3v) is 7.98. The molecule has 2 aromatic carbocycles. The summed E-state index contributed by atoms with van der Waals surface area (Å²) < 4.78 is 30.9. The summed E-state index contributed by atoms with van der Waals surface area (Å²) in [4.78, 5) is 10.5. The zero-order valence-electron chi connectivity index (χ0n) is 21.1. The summed E-state index contributed by atoms with van der Waals surface area (Å²) in [6.07, 6.45) is 3.91. The van der Waals surface area contributed by atoms with Crippen LogP contribution in [-0.4, -0.2) is 37.0 Å². The zero-order chi connectivity index (χ0) is 27.7. The molecule has 39 heavy (non-hydrogen) atoms. The number of nitrogens with two attached hydrogens (primary N) is 1. The van der Waals surface area contributed by atoms with Gasteiger partial charge in [0.2, 0.25) is 0 Å². The Bertz CT molecular complexity index is 1650. The molecule has 1 aromatic heterocycles. The Morgan fingerprint density at radius 3 is 2.85 bits per heavy atom. The lowest BCUT2D eigenvalue weighted by Gasteiger charge is -2.23. The van der Waals surface area contributed by atoms with Crippen LogP contribution in [0.4, 0.5) is 8.78 Å². The smallest absolute Gasteiger partial charge is 0.149 e. The van der Waals surface area contributed by atoms with Crippen molar-refractivity contribution in [2.24, 2.45) is 21.6 Å². The lowest BCUT2D eigenvalue weighted by molar-refractivity contribution is 0.326. The molecule has 0 fully saturated rings. The first-order valence-electron chi connectivity index (χ1n) is 12.3. The van der Waals surface area contributed by atoms with Gasteiger partial charge in [-0.05, 0) is 54.4 Å². The first kappa shape index (κ1) is 26.9. The van der Waals surface area contributed by atoms with Gasteiger partial charge in [0.15, 0.2) is 0 Å². The fourth-order valence-corrected chi connectivity index (χ4v) is 6.01. The van der Waals surface area contributed by atoms with E-state index in [4.69, 9.17) is 22.7 Å². The molecular weight excluding hydrogens is 536 g/mol. The average Bonchev–Trinajstić information content (AvgIpc) is 3.26. The number of hydrogen-bond acceptors (Lipinski definition) is 5. The van der Waals surface area contributed by atoms with Gasteiger partial charge in [0, 0.05) is 37.8 Å². The van der Waals surface area contributed by atoms with Crippen molar-refractivity contribution in [2.45, 2.75) is 12.7 Å². The molecule has 0 bridgehead atoms. The minimum atomic E-state index is -1.59. The van der Waals surface area contributed by atoms with Gasteiger partial charge in [0.05, 0.1) is 23.9 Å². The standard InChI is InChI=1S/C30H26ClF2N5S/c1-3-16-14-37-29(26-23(32)5-4-6-24(26)33)22-13-19(31)9-10-21(22)28(16)38-30(35)27(34)18-8-7-17-11-20(15-36-2)39-25(17)12-18/h3-13,23,26,34,36H,1,14-15H2,2H3,(H2,35,38). The minimum Gasteiger partial charge on any atom is -0.382 e. The Morgan fingerprint density at radius 1 is 1.28 bits per heavy atom. The molecule has 198 valence electrons. The van der Waals surface area contributed by atoms with Crippen LogP contribution in [0.1, 0.15) is 21.6 Å². The molecule has 2 heterocycles. The maximum absolute atomic E-state index is 15.0. The van der Waals surface area contributed by atoms with Gasteiger partial charge in [-0.15, -0.1) is 11.3 Å². The Labute approximate surface area is 234 Å². The predicted octanol–water partition coefficient (Wildman–Crippen LogP) is 6.78. The molecule has 0 radical (unpaired) electrons. The molecule has 5 nitrogen and oxygen atoms in total. The maximum atomic E-state index is 15.0. The van der Waals surface area contributed by atoms with E-state index in [1.807, 2.05) is 25.2 Å². The SMILES string of the molecule is C=CC1=C(N=C(N)C(=N)c2ccc3cc(CNC)sc3c2)c2ccc(Cl)cc2C(C2C(F)=CC=CC2F)=NC1. The highest BCUT2D eigenvalue weighted by molar-refractivity contribution is 7.19. The molecule has 2 aliphatic rings. The van der Waals surface area contributed by atoms with E-state index in [9.17, 15) is 8.78 Å². The Kier molecular flexibility index (Phi) is 7.70.